The molecule has 7 heteroatoms. The van der Waals surface area contributed by atoms with E-state index in [2.05, 4.69) is 10.3 Å². The largest absolute Gasteiger partial charge is 0.332 e. The van der Waals surface area contributed by atoms with Gasteiger partial charge in [-0.25, -0.2) is 9.78 Å². The Morgan fingerprint density at radius 2 is 1.72 bits per heavy atom. The van der Waals surface area contributed by atoms with E-state index in [1.165, 1.54) is 17.8 Å². The molecule has 0 spiro atoms. The van der Waals surface area contributed by atoms with Crippen molar-refractivity contribution in [2.24, 2.45) is 14.1 Å². The molecular weight excluding hydrogens is 320 g/mol. The maximum Gasteiger partial charge on any atom is 0.332 e. The minimum Gasteiger partial charge on any atom is -0.321 e. The topological polar surface area (TPSA) is 86.0 Å². The molecule has 0 unspecified atom stereocenters. The normalized spacial score (nSPS) is 10.9. The van der Waals surface area contributed by atoms with Crippen molar-refractivity contribution in [2.75, 3.05) is 5.32 Å². The van der Waals surface area contributed by atoms with Gasteiger partial charge in [0.05, 0.1) is 5.69 Å². The van der Waals surface area contributed by atoms with Gasteiger partial charge in [-0.1, -0.05) is 18.2 Å². The molecule has 3 aromatic rings. The lowest BCUT2D eigenvalue weighted by atomic mass is 10.1. The Kier molecular flexibility index (Phi) is 4.00. The first-order chi connectivity index (χ1) is 11.8. The van der Waals surface area contributed by atoms with Crippen molar-refractivity contribution in [1.29, 1.82) is 0 Å². The number of fused-ring (bicyclic) bond motifs is 1. The van der Waals surface area contributed by atoms with Crippen LogP contribution < -0.4 is 16.6 Å². The zero-order valence-corrected chi connectivity index (χ0v) is 14.5. The van der Waals surface area contributed by atoms with Gasteiger partial charge in [-0.05, 0) is 31.0 Å². The summed E-state index contributed by atoms with van der Waals surface area (Å²) in [6, 6.07) is 7.19. The first kappa shape index (κ1) is 16.6. The van der Waals surface area contributed by atoms with Crippen molar-refractivity contribution in [1.82, 2.24) is 14.1 Å². The fourth-order valence-corrected chi connectivity index (χ4v) is 2.79. The molecule has 0 fully saturated rings. The van der Waals surface area contributed by atoms with E-state index < -0.39 is 11.2 Å². The van der Waals surface area contributed by atoms with Gasteiger partial charge in [0.2, 0.25) is 0 Å². The molecular formula is C18H18N4O3. The van der Waals surface area contributed by atoms with Crippen LogP contribution in [0.2, 0.25) is 0 Å². The van der Waals surface area contributed by atoms with Gasteiger partial charge in [-0.3, -0.25) is 18.7 Å². The predicted molar refractivity (Wildman–Crippen MR) is 96.1 cm³/mol. The fraction of sp³-hybridized carbons (Fsp3) is 0.222. The Morgan fingerprint density at radius 1 is 1.04 bits per heavy atom. The highest BCUT2D eigenvalue weighted by atomic mass is 16.2. The Hall–Kier alpha value is -3.22. The number of rotatable bonds is 2. The molecule has 1 aromatic carbocycles. The molecule has 0 atom stereocenters. The van der Waals surface area contributed by atoms with E-state index in [4.69, 9.17) is 0 Å². The summed E-state index contributed by atoms with van der Waals surface area (Å²) in [6.07, 6.45) is 1.54. The molecule has 2 heterocycles. The molecule has 128 valence electrons. The summed E-state index contributed by atoms with van der Waals surface area (Å²) in [7, 11) is 2.94. The minimum atomic E-state index is -0.491. The van der Waals surface area contributed by atoms with Gasteiger partial charge >= 0.3 is 5.69 Å². The van der Waals surface area contributed by atoms with Gasteiger partial charge in [0.1, 0.15) is 5.39 Å². The average Bonchev–Trinajstić information content (AvgIpc) is 2.60. The number of nitrogens with one attached hydrogen (secondary N) is 1. The summed E-state index contributed by atoms with van der Waals surface area (Å²) in [5.41, 5.74) is 1.64. The highest BCUT2D eigenvalue weighted by molar-refractivity contribution is 6.09. The number of carbonyl (C=O) groups excluding carboxylic acids is 1. The molecule has 1 amide bonds. The lowest BCUT2D eigenvalue weighted by Crippen LogP contribution is -2.37. The van der Waals surface area contributed by atoms with Crippen LogP contribution in [0.15, 0.2) is 40.1 Å². The second kappa shape index (κ2) is 6.01. The first-order valence-corrected chi connectivity index (χ1v) is 7.75. The van der Waals surface area contributed by atoms with Gasteiger partial charge in [-0.2, -0.15) is 0 Å². The first-order valence-electron chi connectivity index (χ1n) is 7.75. The minimum absolute atomic E-state index is 0.214. The van der Waals surface area contributed by atoms with Crippen LogP contribution in [0.1, 0.15) is 21.5 Å². The van der Waals surface area contributed by atoms with E-state index >= 15 is 0 Å². The van der Waals surface area contributed by atoms with Crippen LogP contribution in [-0.2, 0) is 14.1 Å². The van der Waals surface area contributed by atoms with Crippen molar-refractivity contribution < 1.29 is 4.79 Å². The van der Waals surface area contributed by atoms with Gasteiger partial charge in [0.25, 0.3) is 11.5 Å². The molecule has 0 aliphatic heterocycles. The number of aryl methyl sites for hydroxylation is 3. The number of carbonyl (C=O) groups is 1. The number of hydrogen-bond donors (Lipinski definition) is 1. The lowest BCUT2D eigenvalue weighted by molar-refractivity contribution is 0.102. The molecule has 0 saturated carbocycles. The maximum absolute atomic E-state index is 12.7. The Labute approximate surface area is 143 Å². The summed E-state index contributed by atoms with van der Waals surface area (Å²) in [5.74, 6) is -0.315. The van der Waals surface area contributed by atoms with Crippen molar-refractivity contribution in [3.63, 3.8) is 0 Å². The Morgan fingerprint density at radius 3 is 2.40 bits per heavy atom. The van der Waals surface area contributed by atoms with E-state index in [0.717, 1.165) is 10.1 Å². The highest BCUT2D eigenvalue weighted by Gasteiger charge is 2.18. The lowest BCUT2D eigenvalue weighted by Gasteiger charge is -2.14. The number of nitrogens with zero attached hydrogens (tertiary/aromatic N) is 3. The Balaban J connectivity index is 2.25. The van der Waals surface area contributed by atoms with E-state index in [-0.39, 0.29) is 16.9 Å². The third-order valence-corrected chi connectivity index (χ3v) is 4.29. The fourth-order valence-electron chi connectivity index (χ4n) is 2.79. The van der Waals surface area contributed by atoms with Crippen molar-refractivity contribution >= 4 is 22.6 Å². The van der Waals surface area contributed by atoms with Crippen LogP contribution in [-0.4, -0.2) is 20.0 Å². The molecule has 0 radical (unpaired) electrons. The number of amides is 1. The second-order valence-electron chi connectivity index (χ2n) is 5.99. The van der Waals surface area contributed by atoms with E-state index in [1.807, 2.05) is 19.1 Å². The summed E-state index contributed by atoms with van der Waals surface area (Å²) >= 11 is 0. The van der Waals surface area contributed by atoms with Crippen LogP contribution in [0.5, 0.6) is 0 Å². The highest BCUT2D eigenvalue weighted by Crippen LogP contribution is 2.22. The third kappa shape index (κ3) is 2.63. The molecule has 25 heavy (non-hydrogen) atoms. The van der Waals surface area contributed by atoms with E-state index in [9.17, 15) is 14.4 Å². The molecule has 2 aromatic heterocycles. The summed E-state index contributed by atoms with van der Waals surface area (Å²) in [6.45, 7) is 3.60. The third-order valence-electron chi connectivity index (χ3n) is 4.29. The van der Waals surface area contributed by atoms with Crippen LogP contribution in [0.3, 0.4) is 0 Å². The Bertz CT molecular complexity index is 1130. The molecule has 1 N–H and O–H groups in total. The number of anilines is 1. The van der Waals surface area contributed by atoms with Crippen LogP contribution >= 0.6 is 0 Å². The molecule has 0 aliphatic rings. The summed E-state index contributed by atoms with van der Waals surface area (Å²) in [4.78, 5) is 41.6. The number of pyridine rings is 1. The van der Waals surface area contributed by atoms with E-state index in [1.54, 1.807) is 26.1 Å². The molecule has 7 nitrogen and oxygen atoms in total. The van der Waals surface area contributed by atoms with Crippen molar-refractivity contribution in [3.8, 4) is 0 Å². The van der Waals surface area contributed by atoms with E-state index in [0.29, 0.717) is 16.8 Å². The van der Waals surface area contributed by atoms with Gasteiger partial charge < -0.3 is 5.32 Å². The van der Waals surface area contributed by atoms with Gasteiger partial charge in [0, 0.05) is 25.9 Å². The molecule has 3 rings (SSSR count). The number of benzene rings is 1. The second-order valence-corrected chi connectivity index (χ2v) is 5.99. The zero-order chi connectivity index (χ0) is 18.3. The molecule has 0 bridgehead atoms. The summed E-state index contributed by atoms with van der Waals surface area (Å²) in [5, 5.41) is 3.03. The predicted octanol–water partition coefficient (Wildman–Crippen LogP) is 1.50. The SMILES string of the molecule is Cc1ccccc1C(=O)Nc1c(C)cnc2c1c(=O)n(C)c(=O)n2C. The van der Waals surface area contributed by atoms with Crippen LogP contribution in [0.25, 0.3) is 11.0 Å². The van der Waals surface area contributed by atoms with Crippen molar-refractivity contribution in [2.45, 2.75) is 13.8 Å². The monoisotopic (exact) mass is 338 g/mol. The van der Waals surface area contributed by atoms with Gasteiger partial charge in [0.15, 0.2) is 5.65 Å². The maximum atomic E-state index is 12.7. The number of aromatic nitrogens is 3. The quantitative estimate of drug-likeness (QED) is 0.767. The standard InChI is InChI=1S/C18H18N4O3/c1-10-7-5-6-8-12(10)16(23)20-14-11(2)9-19-15-13(14)17(24)22(4)18(25)21(15)3/h5-9H,1-4H3,(H,19,20,23). The zero-order valence-electron chi connectivity index (χ0n) is 14.5. The summed E-state index contributed by atoms with van der Waals surface area (Å²) < 4.78 is 2.30. The molecule has 0 saturated heterocycles. The van der Waals surface area contributed by atoms with Crippen molar-refractivity contribution in [3.05, 3.63) is 68.0 Å². The van der Waals surface area contributed by atoms with Crippen LogP contribution in [0, 0.1) is 13.8 Å². The molecule has 0 aliphatic carbocycles. The van der Waals surface area contributed by atoms with Gasteiger partial charge in [-0.15, -0.1) is 0 Å². The average molecular weight is 338 g/mol. The van der Waals surface area contributed by atoms with Crippen LogP contribution in [0.4, 0.5) is 5.69 Å². The number of hydrogen-bond acceptors (Lipinski definition) is 4. The smallest absolute Gasteiger partial charge is 0.321 e.